The van der Waals surface area contributed by atoms with Crippen LogP contribution in [0.25, 0.3) is 5.52 Å². The molecule has 2 heterocycles. The maximum atomic E-state index is 8.69. The molecule has 64 valence electrons. The molecule has 0 fully saturated rings. The van der Waals surface area contributed by atoms with Gasteiger partial charge in [0, 0.05) is 12.7 Å². The molecule has 0 aliphatic rings. The van der Waals surface area contributed by atoms with Gasteiger partial charge in [-0.25, -0.2) is 4.98 Å². The van der Waals surface area contributed by atoms with Crippen molar-refractivity contribution in [3.8, 4) is 6.07 Å². The summed E-state index contributed by atoms with van der Waals surface area (Å²) in [4.78, 5) is 4.12. The van der Waals surface area contributed by atoms with Crippen LogP contribution in [0.15, 0.2) is 24.7 Å². The van der Waals surface area contributed by atoms with Gasteiger partial charge in [-0.1, -0.05) is 0 Å². The highest BCUT2D eigenvalue weighted by Gasteiger charge is 2.02. The van der Waals surface area contributed by atoms with Crippen LogP contribution in [0.1, 0.15) is 11.3 Å². The second-order valence-corrected chi connectivity index (χ2v) is 2.72. The zero-order valence-electron chi connectivity index (χ0n) is 6.94. The van der Waals surface area contributed by atoms with Gasteiger partial charge in [0.15, 0.2) is 0 Å². The molecule has 13 heavy (non-hydrogen) atoms. The van der Waals surface area contributed by atoms with E-state index in [1.807, 2.05) is 4.40 Å². The first kappa shape index (κ1) is 7.77. The topological polar surface area (TPSA) is 67.1 Å². The fourth-order valence-corrected chi connectivity index (χ4v) is 1.27. The molecule has 0 spiro atoms. The summed E-state index contributed by atoms with van der Waals surface area (Å²) < 4.78 is 1.85. The van der Waals surface area contributed by atoms with Crippen LogP contribution in [-0.4, -0.2) is 9.38 Å². The van der Waals surface area contributed by atoms with Crippen LogP contribution in [0, 0.1) is 11.3 Å². The largest absolute Gasteiger partial charge is 0.325 e. The molecule has 0 saturated carbocycles. The van der Waals surface area contributed by atoms with Gasteiger partial charge < -0.3 is 10.1 Å². The lowest BCUT2D eigenvalue weighted by Gasteiger charge is -1.95. The summed E-state index contributed by atoms with van der Waals surface area (Å²) in [5, 5.41) is 8.69. The quantitative estimate of drug-likeness (QED) is 0.687. The molecule has 0 aliphatic carbocycles. The molecule has 4 nitrogen and oxygen atoms in total. The Morgan fingerprint density at radius 3 is 3.15 bits per heavy atom. The Hall–Kier alpha value is -1.86. The molecule has 2 rings (SSSR count). The first-order valence-corrected chi connectivity index (χ1v) is 3.91. The SMILES string of the molecule is N#Cc1ccn2cnc(CN)c2c1. The fraction of sp³-hybridized carbons (Fsp3) is 0.111. The lowest BCUT2D eigenvalue weighted by Crippen LogP contribution is -1.97. The van der Waals surface area contributed by atoms with Gasteiger partial charge >= 0.3 is 0 Å². The maximum absolute atomic E-state index is 8.69. The summed E-state index contributed by atoms with van der Waals surface area (Å²) >= 11 is 0. The molecule has 2 N–H and O–H groups in total. The molecule has 2 aromatic heterocycles. The van der Waals surface area contributed by atoms with Crippen LogP contribution >= 0.6 is 0 Å². The minimum atomic E-state index is 0.394. The Morgan fingerprint density at radius 1 is 1.62 bits per heavy atom. The van der Waals surface area contributed by atoms with Crippen LogP contribution in [0.5, 0.6) is 0 Å². The van der Waals surface area contributed by atoms with Gasteiger partial charge in [0.05, 0.1) is 29.2 Å². The average Bonchev–Trinajstić information content (AvgIpc) is 2.59. The summed E-state index contributed by atoms with van der Waals surface area (Å²) in [6.45, 7) is 0.394. The lowest BCUT2D eigenvalue weighted by molar-refractivity contribution is 1.02. The molecular formula is C9H8N4. The monoisotopic (exact) mass is 172 g/mol. The number of pyridine rings is 1. The van der Waals surface area contributed by atoms with E-state index in [9.17, 15) is 0 Å². The van der Waals surface area contributed by atoms with Gasteiger partial charge in [-0.2, -0.15) is 5.26 Å². The molecule has 0 amide bonds. The van der Waals surface area contributed by atoms with Crippen LogP contribution < -0.4 is 5.73 Å². The van der Waals surface area contributed by atoms with E-state index in [1.54, 1.807) is 24.7 Å². The Labute approximate surface area is 75.2 Å². The van der Waals surface area contributed by atoms with Crippen molar-refractivity contribution < 1.29 is 0 Å². The number of aromatic nitrogens is 2. The van der Waals surface area contributed by atoms with Crippen molar-refractivity contribution in [1.82, 2.24) is 9.38 Å². The molecule has 0 atom stereocenters. The highest BCUT2D eigenvalue weighted by atomic mass is 15.0. The van der Waals surface area contributed by atoms with Crippen molar-refractivity contribution in [2.45, 2.75) is 6.54 Å². The maximum Gasteiger partial charge on any atom is 0.0996 e. The van der Waals surface area contributed by atoms with Gasteiger partial charge in [0.25, 0.3) is 0 Å². The zero-order valence-corrected chi connectivity index (χ0v) is 6.94. The van der Waals surface area contributed by atoms with Gasteiger partial charge in [-0.15, -0.1) is 0 Å². The van der Waals surface area contributed by atoms with Crippen molar-refractivity contribution in [1.29, 1.82) is 5.26 Å². The van der Waals surface area contributed by atoms with E-state index in [-0.39, 0.29) is 0 Å². The molecular weight excluding hydrogens is 164 g/mol. The van der Waals surface area contributed by atoms with E-state index in [1.165, 1.54) is 0 Å². The Balaban J connectivity index is 2.73. The number of fused-ring (bicyclic) bond motifs is 1. The van der Waals surface area contributed by atoms with E-state index in [4.69, 9.17) is 11.0 Å². The predicted molar refractivity (Wildman–Crippen MR) is 47.8 cm³/mol. The minimum Gasteiger partial charge on any atom is -0.325 e. The number of imidazole rings is 1. The molecule has 0 radical (unpaired) electrons. The number of hydrogen-bond acceptors (Lipinski definition) is 3. The average molecular weight is 172 g/mol. The van der Waals surface area contributed by atoms with E-state index < -0.39 is 0 Å². The van der Waals surface area contributed by atoms with Crippen LogP contribution in [0.2, 0.25) is 0 Å². The molecule has 0 bridgehead atoms. The Morgan fingerprint density at radius 2 is 2.46 bits per heavy atom. The summed E-state index contributed by atoms with van der Waals surface area (Å²) in [5.41, 5.74) is 7.84. The van der Waals surface area contributed by atoms with Crippen LogP contribution in [-0.2, 0) is 6.54 Å². The summed E-state index contributed by atoms with van der Waals surface area (Å²) in [6.07, 6.45) is 3.50. The van der Waals surface area contributed by atoms with E-state index >= 15 is 0 Å². The molecule has 0 aliphatic heterocycles. The fourth-order valence-electron chi connectivity index (χ4n) is 1.27. The lowest BCUT2D eigenvalue weighted by atomic mass is 10.2. The highest BCUT2D eigenvalue weighted by Crippen LogP contribution is 2.10. The van der Waals surface area contributed by atoms with Crippen LogP contribution in [0.4, 0.5) is 0 Å². The normalized spacial score (nSPS) is 10.2. The van der Waals surface area contributed by atoms with Crippen molar-refractivity contribution in [2.75, 3.05) is 0 Å². The minimum absolute atomic E-state index is 0.394. The number of nitrogens with zero attached hydrogens (tertiary/aromatic N) is 3. The summed E-state index contributed by atoms with van der Waals surface area (Å²) in [5.74, 6) is 0. The van der Waals surface area contributed by atoms with Crippen molar-refractivity contribution in [3.05, 3.63) is 35.9 Å². The third-order valence-electron chi connectivity index (χ3n) is 1.94. The smallest absolute Gasteiger partial charge is 0.0996 e. The number of rotatable bonds is 1. The highest BCUT2D eigenvalue weighted by molar-refractivity contribution is 5.55. The van der Waals surface area contributed by atoms with Crippen molar-refractivity contribution in [3.63, 3.8) is 0 Å². The molecule has 0 aromatic carbocycles. The van der Waals surface area contributed by atoms with Gasteiger partial charge in [0.1, 0.15) is 0 Å². The first-order valence-electron chi connectivity index (χ1n) is 3.91. The van der Waals surface area contributed by atoms with Gasteiger partial charge in [-0.05, 0) is 12.1 Å². The Kier molecular flexibility index (Phi) is 1.72. The number of nitrogens with two attached hydrogens (primary N) is 1. The summed E-state index contributed by atoms with van der Waals surface area (Å²) in [7, 11) is 0. The van der Waals surface area contributed by atoms with Crippen molar-refractivity contribution in [2.24, 2.45) is 5.73 Å². The third-order valence-corrected chi connectivity index (χ3v) is 1.94. The van der Waals surface area contributed by atoms with E-state index in [0.717, 1.165) is 11.2 Å². The second kappa shape index (κ2) is 2.88. The van der Waals surface area contributed by atoms with E-state index in [2.05, 4.69) is 11.1 Å². The first-order chi connectivity index (χ1) is 6.35. The third kappa shape index (κ3) is 1.15. The number of hydrogen-bond donors (Lipinski definition) is 1. The summed E-state index contributed by atoms with van der Waals surface area (Å²) in [6, 6.07) is 5.61. The second-order valence-electron chi connectivity index (χ2n) is 2.72. The molecule has 4 heteroatoms. The molecule has 0 saturated heterocycles. The van der Waals surface area contributed by atoms with Gasteiger partial charge in [-0.3, -0.25) is 0 Å². The van der Waals surface area contributed by atoms with Crippen molar-refractivity contribution >= 4 is 5.52 Å². The molecule has 2 aromatic rings. The standard InChI is InChI=1S/C9H8N4/c10-4-7-1-2-13-6-12-8(5-11)9(13)3-7/h1-3,6H,5,11H2. The van der Waals surface area contributed by atoms with Gasteiger partial charge in [0.2, 0.25) is 0 Å². The van der Waals surface area contributed by atoms with Crippen LogP contribution in [0.3, 0.4) is 0 Å². The zero-order chi connectivity index (χ0) is 9.26. The molecule has 0 unspecified atom stereocenters. The number of nitriles is 1. The predicted octanol–water partition coefficient (Wildman–Crippen LogP) is 0.665. The van der Waals surface area contributed by atoms with E-state index in [0.29, 0.717) is 12.1 Å². The Bertz CT molecular complexity index is 478.